The van der Waals surface area contributed by atoms with Gasteiger partial charge in [-0.25, -0.2) is 17.5 Å². The molecule has 0 bridgehead atoms. The average molecular weight is 242 g/mol. The van der Waals surface area contributed by atoms with Gasteiger partial charge in [0.05, 0.1) is 11.0 Å². The van der Waals surface area contributed by atoms with E-state index in [4.69, 9.17) is 5.26 Å². The largest absolute Gasteiger partial charge is 0.240 e. The molecule has 6 heteroatoms. The fourth-order valence-electron chi connectivity index (χ4n) is 1.18. The number of nitrogens with one attached hydrogen (secondary N) is 1. The maximum Gasteiger partial charge on any atom is 0.240 e. The first-order valence-electron chi connectivity index (χ1n) is 4.60. The fraction of sp³-hybridized carbons (Fsp3) is 0.300. The number of nitriles is 1. The van der Waals surface area contributed by atoms with Crippen molar-refractivity contribution in [3.8, 4) is 6.07 Å². The summed E-state index contributed by atoms with van der Waals surface area (Å²) in [4.78, 5) is -0.0922. The lowest BCUT2D eigenvalue weighted by molar-refractivity contribution is 0.577. The van der Waals surface area contributed by atoms with Crippen LogP contribution in [0, 0.1) is 24.1 Å². The summed E-state index contributed by atoms with van der Waals surface area (Å²) >= 11 is 0. The Morgan fingerprint density at radius 1 is 1.50 bits per heavy atom. The van der Waals surface area contributed by atoms with Gasteiger partial charge in [0.25, 0.3) is 0 Å². The molecule has 0 saturated carbocycles. The van der Waals surface area contributed by atoms with Gasteiger partial charge in [-0.05, 0) is 24.6 Å². The highest BCUT2D eigenvalue weighted by Crippen LogP contribution is 2.15. The summed E-state index contributed by atoms with van der Waals surface area (Å²) in [5.74, 6) is -0.605. The second-order valence-electron chi connectivity index (χ2n) is 3.22. The molecule has 0 amide bonds. The minimum absolute atomic E-state index is 0.0226. The maximum atomic E-state index is 12.9. The monoisotopic (exact) mass is 242 g/mol. The number of aryl methyl sites for hydroxylation is 1. The lowest BCUT2D eigenvalue weighted by Gasteiger charge is -2.07. The lowest BCUT2D eigenvalue weighted by Crippen LogP contribution is -2.25. The molecule has 0 unspecified atom stereocenters. The molecule has 0 saturated heterocycles. The molecule has 0 fully saturated rings. The van der Waals surface area contributed by atoms with Crippen LogP contribution in [0.3, 0.4) is 0 Å². The Balaban J connectivity index is 2.99. The Bertz CT molecular complexity index is 520. The van der Waals surface area contributed by atoms with Gasteiger partial charge >= 0.3 is 0 Å². The van der Waals surface area contributed by atoms with Crippen molar-refractivity contribution in [2.45, 2.75) is 18.2 Å². The van der Waals surface area contributed by atoms with Crippen molar-refractivity contribution in [3.05, 3.63) is 29.6 Å². The number of hydrogen-bond donors (Lipinski definition) is 1. The van der Waals surface area contributed by atoms with Crippen LogP contribution >= 0.6 is 0 Å². The van der Waals surface area contributed by atoms with Crippen molar-refractivity contribution < 1.29 is 12.8 Å². The van der Waals surface area contributed by atoms with Gasteiger partial charge in [-0.2, -0.15) is 5.26 Å². The third-order valence-corrected chi connectivity index (χ3v) is 3.57. The minimum Gasteiger partial charge on any atom is -0.210 e. The smallest absolute Gasteiger partial charge is 0.210 e. The van der Waals surface area contributed by atoms with Crippen LogP contribution in [0.2, 0.25) is 0 Å². The molecule has 0 aliphatic carbocycles. The highest BCUT2D eigenvalue weighted by Gasteiger charge is 2.16. The third kappa shape index (κ3) is 3.02. The molecule has 0 aliphatic heterocycles. The van der Waals surface area contributed by atoms with Gasteiger partial charge in [0.1, 0.15) is 5.82 Å². The van der Waals surface area contributed by atoms with E-state index < -0.39 is 15.8 Å². The van der Waals surface area contributed by atoms with Crippen LogP contribution in [0.25, 0.3) is 0 Å². The van der Waals surface area contributed by atoms with Crippen molar-refractivity contribution in [1.29, 1.82) is 5.26 Å². The quantitative estimate of drug-likeness (QED) is 0.810. The molecule has 1 N–H and O–H groups in total. The standard InChI is InChI=1S/C10H11FN2O2S/c1-8-3-4-9(11)7-10(8)16(14,15)13-6-2-5-12/h3-4,7,13H,2,6H2,1H3. The van der Waals surface area contributed by atoms with Crippen LogP contribution in [-0.4, -0.2) is 15.0 Å². The van der Waals surface area contributed by atoms with Crippen LogP contribution in [0.15, 0.2) is 23.1 Å². The highest BCUT2D eigenvalue weighted by molar-refractivity contribution is 7.89. The van der Waals surface area contributed by atoms with Gasteiger partial charge in [0.2, 0.25) is 10.0 Å². The van der Waals surface area contributed by atoms with E-state index in [-0.39, 0.29) is 17.9 Å². The van der Waals surface area contributed by atoms with Crippen LogP contribution in [0.5, 0.6) is 0 Å². The molecule has 16 heavy (non-hydrogen) atoms. The Morgan fingerprint density at radius 3 is 2.81 bits per heavy atom. The summed E-state index contributed by atoms with van der Waals surface area (Å²) in [6.45, 7) is 1.60. The molecule has 0 aromatic heterocycles. The molecule has 0 aliphatic rings. The summed E-state index contributed by atoms with van der Waals surface area (Å²) in [7, 11) is -3.73. The molecule has 1 rings (SSSR count). The Labute approximate surface area is 93.8 Å². The molecular weight excluding hydrogens is 231 g/mol. The molecule has 1 aromatic carbocycles. The molecule has 1 aromatic rings. The predicted molar refractivity (Wildman–Crippen MR) is 56.6 cm³/mol. The normalized spacial score (nSPS) is 11.1. The first kappa shape index (κ1) is 12.6. The second-order valence-corrected chi connectivity index (χ2v) is 4.95. The zero-order valence-corrected chi connectivity index (χ0v) is 9.51. The van der Waals surface area contributed by atoms with Crippen molar-refractivity contribution in [3.63, 3.8) is 0 Å². The molecule has 0 atom stereocenters. The van der Waals surface area contributed by atoms with E-state index >= 15 is 0 Å². The van der Waals surface area contributed by atoms with E-state index in [0.717, 1.165) is 6.07 Å². The zero-order valence-electron chi connectivity index (χ0n) is 8.70. The highest BCUT2D eigenvalue weighted by atomic mass is 32.2. The van der Waals surface area contributed by atoms with Gasteiger partial charge in [-0.1, -0.05) is 6.07 Å². The van der Waals surface area contributed by atoms with E-state index in [9.17, 15) is 12.8 Å². The predicted octanol–water partition coefficient (Wildman–Crippen LogP) is 1.33. The van der Waals surface area contributed by atoms with Crippen molar-refractivity contribution >= 4 is 10.0 Å². The first-order valence-corrected chi connectivity index (χ1v) is 6.08. The molecule has 0 spiro atoms. The van der Waals surface area contributed by atoms with Crippen molar-refractivity contribution in [2.75, 3.05) is 6.54 Å². The van der Waals surface area contributed by atoms with Gasteiger partial charge in [-0.15, -0.1) is 0 Å². The topological polar surface area (TPSA) is 70.0 Å². The number of benzene rings is 1. The molecule has 86 valence electrons. The third-order valence-electron chi connectivity index (χ3n) is 1.97. The Kier molecular flexibility index (Phi) is 3.99. The number of halogens is 1. The van der Waals surface area contributed by atoms with Crippen molar-refractivity contribution in [2.24, 2.45) is 0 Å². The summed E-state index contributed by atoms with van der Waals surface area (Å²) in [6.07, 6.45) is 0.0770. The van der Waals surface area contributed by atoms with Crippen LogP contribution in [0.1, 0.15) is 12.0 Å². The fourth-order valence-corrected chi connectivity index (χ4v) is 2.47. The van der Waals surface area contributed by atoms with E-state index in [1.807, 2.05) is 6.07 Å². The van der Waals surface area contributed by atoms with E-state index in [1.54, 1.807) is 6.92 Å². The van der Waals surface area contributed by atoms with Crippen LogP contribution in [0.4, 0.5) is 4.39 Å². The van der Waals surface area contributed by atoms with Gasteiger partial charge in [0.15, 0.2) is 0 Å². The maximum absolute atomic E-state index is 12.9. The molecule has 0 radical (unpaired) electrons. The zero-order chi connectivity index (χ0) is 12.2. The summed E-state index contributed by atoms with van der Waals surface area (Å²) < 4.78 is 38.5. The molecule has 4 nitrogen and oxygen atoms in total. The number of hydrogen-bond acceptors (Lipinski definition) is 3. The SMILES string of the molecule is Cc1ccc(F)cc1S(=O)(=O)NCCC#N. The minimum atomic E-state index is -3.73. The lowest BCUT2D eigenvalue weighted by atomic mass is 10.2. The van der Waals surface area contributed by atoms with Crippen LogP contribution in [-0.2, 0) is 10.0 Å². The van der Waals surface area contributed by atoms with Gasteiger partial charge < -0.3 is 0 Å². The number of nitrogens with zero attached hydrogens (tertiary/aromatic N) is 1. The second kappa shape index (κ2) is 5.05. The number of rotatable bonds is 4. The van der Waals surface area contributed by atoms with Gasteiger partial charge in [-0.3, -0.25) is 0 Å². The summed E-state index contributed by atoms with van der Waals surface area (Å²) in [5, 5.41) is 8.29. The van der Waals surface area contributed by atoms with Crippen LogP contribution < -0.4 is 4.72 Å². The molecule has 0 heterocycles. The first-order chi connectivity index (χ1) is 7.47. The average Bonchev–Trinajstić information content (AvgIpc) is 2.22. The number of sulfonamides is 1. The Hall–Kier alpha value is -1.45. The Morgan fingerprint density at radius 2 is 2.19 bits per heavy atom. The summed E-state index contributed by atoms with van der Waals surface area (Å²) in [5.41, 5.74) is 0.464. The van der Waals surface area contributed by atoms with E-state index in [1.165, 1.54) is 12.1 Å². The summed E-state index contributed by atoms with van der Waals surface area (Å²) in [6, 6.07) is 5.37. The van der Waals surface area contributed by atoms with Gasteiger partial charge in [0, 0.05) is 13.0 Å². The van der Waals surface area contributed by atoms with E-state index in [0.29, 0.717) is 5.56 Å². The molecular formula is C10H11FN2O2S. The van der Waals surface area contributed by atoms with E-state index in [2.05, 4.69) is 4.72 Å². The van der Waals surface area contributed by atoms with Crippen molar-refractivity contribution in [1.82, 2.24) is 4.72 Å².